The van der Waals surface area contributed by atoms with Gasteiger partial charge in [0.05, 0.1) is 0 Å². The minimum atomic E-state index is -1.56. The number of halogens is 3. The van der Waals surface area contributed by atoms with E-state index in [4.69, 9.17) is 23.6 Å². The topological polar surface area (TPSA) is 14.1 Å². The molecule has 6 heteroatoms. The summed E-state index contributed by atoms with van der Waals surface area (Å²) in [6.45, 7) is 19.9. The van der Waals surface area contributed by atoms with E-state index in [0.29, 0.717) is 10.9 Å². The zero-order valence-corrected chi connectivity index (χ0v) is 23.9. The van der Waals surface area contributed by atoms with Crippen molar-refractivity contribution in [3.63, 3.8) is 0 Å². The average molecular weight is 521 g/mol. The molecule has 6 atom stereocenters. The van der Waals surface area contributed by atoms with Gasteiger partial charge in [0.25, 0.3) is 0 Å². The maximum atomic E-state index is 5.63. The van der Waals surface area contributed by atoms with Crippen molar-refractivity contribution in [2.24, 2.45) is 35.5 Å². The van der Waals surface area contributed by atoms with Crippen LogP contribution in [0.25, 0.3) is 4.98 Å². The van der Waals surface area contributed by atoms with Crippen LogP contribution in [0, 0.1) is 42.9 Å². The van der Waals surface area contributed by atoms with Crippen molar-refractivity contribution in [3.05, 3.63) is 12.4 Å². The molecule has 2 fully saturated rings. The normalized spacial score (nSPS) is 43.1. The van der Waals surface area contributed by atoms with Crippen molar-refractivity contribution in [3.8, 4) is 0 Å². The Bertz CT molecular complexity index is 389. The number of alkyl halides is 1. The molecular formula is C20H40BrCl2NSiTi-2. The molecule has 0 heterocycles. The number of nitrogens with zero attached hydrogens (tertiary/aromatic N) is 1. The van der Waals surface area contributed by atoms with Crippen LogP contribution < -0.4 is 0 Å². The van der Waals surface area contributed by atoms with E-state index in [9.17, 15) is 0 Å². The van der Waals surface area contributed by atoms with Crippen LogP contribution in [-0.4, -0.2) is 19.1 Å². The van der Waals surface area contributed by atoms with E-state index in [0.717, 1.165) is 41.0 Å². The van der Waals surface area contributed by atoms with E-state index >= 15 is 0 Å². The first-order chi connectivity index (χ1) is 11.5. The standard InChI is InChI=1S/C19H37BrNSi.CH3.2ClH.Ti/c1-11-9-17(20)10-12(2)18(11)21-22(7,8)19-15(5)13(3)14(4)16(19)6;;;;/h11-19H,9-10H2,1-8H3;1H3;2*1H;/q2*-1;;;+2/p-2. The minimum absolute atomic E-state index is 0. The zero-order valence-electron chi connectivity index (χ0n) is 18.2. The Labute approximate surface area is 190 Å². The molecule has 1 nitrogen and oxygen atoms in total. The van der Waals surface area contributed by atoms with Crippen molar-refractivity contribution in [2.45, 2.75) is 83.9 Å². The molecule has 0 N–H and O–H groups in total. The Morgan fingerprint density at radius 1 is 0.846 bits per heavy atom. The number of hydrogen-bond acceptors (Lipinski definition) is 0. The first kappa shape index (κ1) is 28.0. The van der Waals surface area contributed by atoms with Crippen LogP contribution >= 0.6 is 34.5 Å². The molecule has 2 aliphatic rings. The molecule has 2 saturated carbocycles. The Kier molecular flexibility index (Phi) is 12.9. The number of hydrogen-bond donors (Lipinski definition) is 0. The Morgan fingerprint density at radius 2 is 1.19 bits per heavy atom. The van der Waals surface area contributed by atoms with Crippen LogP contribution in [-0.2, 0) is 17.0 Å². The van der Waals surface area contributed by atoms with Gasteiger partial charge in [-0.05, 0) is 36.5 Å². The molecule has 0 aromatic heterocycles. The van der Waals surface area contributed by atoms with Gasteiger partial charge in [0, 0.05) is 4.83 Å². The van der Waals surface area contributed by atoms with Gasteiger partial charge < -0.3 is 12.4 Å². The average Bonchev–Trinajstić information content (AvgIpc) is 2.68. The summed E-state index contributed by atoms with van der Waals surface area (Å²) in [5.41, 5.74) is 0.860. The van der Waals surface area contributed by atoms with Gasteiger partial charge in [-0.3, -0.25) is 0 Å². The van der Waals surface area contributed by atoms with E-state index in [1.807, 2.05) is 0 Å². The van der Waals surface area contributed by atoms with Gasteiger partial charge in [0.15, 0.2) is 0 Å². The molecule has 6 unspecified atom stereocenters. The zero-order chi connectivity index (χ0) is 19.5. The summed E-state index contributed by atoms with van der Waals surface area (Å²) in [4.78, 5) is 6.34. The molecule has 0 bridgehead atoms. The van der Waals surface area contributed by atoms with Gasteiger partial charge in [-0.15, -0.1) is 6.04 Å². The van der Waals surface area contributed by atoms with Gasteiger partial charge in [0.2, 0.25) is 0 Å². The van der Waals surface area contributed by atoms with Crippen LogP contribution in [0.2, 0.25) is 18.6 Å². The Hall–Kier alpha value is 1.95. The molecule has 0 radical (unpaired) electrons. The fourth-order valence-electron chi connectivity index (χ4n) is 5.84. The maximum absolute atomic E-state index is 5.63. The summed E-state index contributed by atoms with van der Waals surface area (Å²) in [5.74, 6) is 4.87. The van der Waals surface area contributed by atoms with Crippen LogP contribution in [0.15, 0.2) is 0 Å². The van der Waals surface area contributed by atoms with Crippen LogP contribution in [0.1, 0.15) is 54.4 Å². The summed E-state index contributed by atoms with van der Waals surface area (Å²) in [5, 5.41) is 0. The van der Waals surface area contributed by atoms with Gasteiger partial charge in [0.1, 0.15) is 0 Å². The van der Waals surface area contributed by atoms with Crippen molar-refractivity contribution in [2.75, 3.05) is 0 Å². The third-order valence-corrected chi connectivity index (χ3v) is 11.7. The fourth-order valence-corrected chi connectivity index (χ4v) is 11.7. The first-order valence-corrected chi connectivity index (χ1v) is 18.0. The quantitative estimate of drug-likeness (QED) is 0.201. The Morgan fingerprint density at radius 3 is 1.54 bits per heavy atom. The fraction of sp³-hybridized carbons (Fsp3) is 0.950. The summed E-state index contributed by atoms with van der Waals surface area (Å²) >= 11 is 3.29. The summed E-state index contributed by atoms with van der Waals surface area (Å²) in [6, 6.07) is 0.598. The molecule has 2 rings (SSSR count). The van der Waals surface area contributed by atoms with E-state index in [1.165, 1.54) is 12.8 Å². The van der Waals surface area contributed by atoms with Crippen LogP contribution in [0.4, 0.5) is 0 Å². The van der Waals surface area contributed by atoms with Gasteiger partial charge >= 0.3 is 35.6 Å². The van der Waals surface area contributed by atoms with Crippen molar-refractivity contribution < 1.29 is 17.0 Å². The summed E-state index contributed by atoms with van der Waals surface area (Å²) < 4.78 is 0. The van der Waals surface area contributed by atoms with Crippen molar-refractivity contribution in [1.82, 2.24) is 0 Å². The van der Waals surface area contributed by atoms with E-state index in [2.05, 4.69) is 70.6 Å². The third kappa shape index (κ3) is 6.74. The monoisotopic (exact) mass is 519 g/mol. The van der Waals surface area contributed by atoms with E-state index in [1.54, 1.807) is 0 Å². The second kappa shape index (κ2) is 12.0. The predicted octanol–water partition coefficient (Wildman–Crippen LogP) is 8.52. The Balaban J connectivity index is 0.00000146. The number of rotatable bonds is 3. The molecule has 0 aromatic rings. The molecule has 0 aliphatic heterocycles. The van der Waals surface area contributed by atoms with Crippen LogP contribution in [0.5, 0.6) is 0 Å². The molecule has 0 aromatic carbocycles. The molecule has 0 saturated heterocycles. The van der Waals surface area contributed by atoms with Gasteiger partial charge in [-0.25, -0.2) is 0 Å². The molecule has 0 spiro atoms. The second-order valence-electron chi connectivity index (χ2n) is 9.33. The molecular weight excluding hydrogens is 481 g/mol. The van der Waals surface area contributed by atoms with Crippen LogP contribution in [0.3, 0.4) is 0 Å². The molecule has 2 aliphatic carbocycles. The van der Waals surface area contributed by atoms with E-state index < -0.39 is 25.3 Å². The summed E-state index contributed by atoms with van der Waals surface area (Å²) in [6.07, 6.45) is 2.59. The third-order valence-electron chi connectivity index (χ3n) is 7.34. The first-order valence-electron chi connectivity index (χ1n) is 9.80. The SMILES string of the molecule is CC1CC(Br)CC(C)C1[N-][Si](C)(C)C1C(C)C(C)C(C)C1C.[CH3-].[Cl][Ti][Cl]. The van der Waals surface area contributed by atoms with Crippen molar-refractivity contribution in [1.29, 1.82) is 0 Å². The second-order valence-corrected chi connectivity index (χ2v) is 17.4. The predicted molar refractivity (Wildman–Crippen MR) is 123 cm³/mol. The molecule has 0 amide bonds. The van der Waals surface area contributed by atoms with E-state index in [-0.39, 0.29) is 7.43 Å². The van der Waals surface area contributed by atoms with Gasteiger partial charge in [-0.2, -0.15) is 0 Å². The van der Waals surface area contributed by atoms with Crippen molar-refractivity contribution >= 4 is 42.8 Å². The van der Waals surface area contributed by atoms with Gasteiger partial charge in [-0.1, -0.05) is 96.2 Å². The molecule has 156 valence electrons. The molecule has 26 heavy (non-hydrogen) atoms. The summed E-state index contributed by atoms with van der Waals surface area (Å²) in [7, 11) is 8.21.